The fourth-order valence-electron chi connectivity index (χ4n) is 2.96. The van der Waals surface area contributed by atoms with Gasteiger partial charge in [-0.05, 0) is 19.3 Å². The zero-order valence-electron chi connectivity index (χ0n) is 13.9. The third-order valence-electron chi connectivity index (χ3n) is 4.38. The smallest absolute Gasteiger partial charge is 0.338 e. The minimum Gasteiger partial charge on any atom is -0.478 e. The second kappa shape index (κ2) is 7.99. The van der Waals surface area contributed by atoms with Gasteiger partial charge in [0.25, 0.3) is 5.91 Å². The van der Waals surface area contributed by atoms with E-state index in [4.69, 9.17) is 9.52 Å². The maximum Gasteiger partial charge on any atom is 0.338 e. The second-order valence-corrected chi connectivity index (χ2v) is 6.21. The van der Waals surface area contributed by atoms with Crippen LogP contribution in [0.2, 0.25) is 0 Å². The summed E-state index contributed by atoms with van der Waals surface area (Å²) in [7, 11) is 0. The van der Waals surface area contributed by atoms with Gasteiger partial charge < -0.3 is 20.2 Å². The van der Waals surface area contributed by atoms with E-state index >= 15 is 0 Å². The number of carbonyl (C=O) groups is 3. The highest BCUT2D eigenvalue weighted by Gasteiger charge is 2.41. The number of carboxylic acid groups (broad SMARTS) is 1. The molecule has 7 heteroatoms. The first-order valence-electron chi connectivity index (χ1n) is 8.41. The molecular formula is C17H24N2O5. The van der Waals surface area contributed by atoms with E-state index in [2.05, 4.69) is 10.6 Å². The Bertz CT molecular complexity index is 602. The zero-order chi connectivity index (χ0) is 17.6. The largest absolute Gasteiger partial charge is 0.478 e. The summed E-state index contributed by atoms with van der Waals surface area (Å²) >= 11 is 0. The first-order valence-corrected chi connectivity index (χ1v) is 8.41. The van der Waals surface area contributed by atoms with Crippen LogP contribution >= 0.6 is 0 Å². The molecule has 3 N–H and O–H groups in total. The molecule has 0 unspecified atom stereocenters. The van der Waals surface area contributed by atoms with Crippen LogP contribution in [0.15, 0.2) is 16.7 Å². The Kier molecular flexibility index (Phi) is 6.00. The number of unbranched alkanes of at least 4 members (excludes halogenated alkanes) is 1. The fourth-order valence-corrected chi connectivity index (χ4v) is 2.96. The zero-order valence-corrected chi connectivity index (χ0v) is 13.9. The lowest BCUT2D eigenvalue weighted by molar-refractivity contribution is -0.128. The quantitative estimate of drug-likeness (QED) is 0.662. The number of nitrogens with one attached hydrogen (secondary N) is 2. The van der Waals surface area contributed by atoms with Crippen molar-refractivity contribution < 1.29 is 23.9 Å². The molecule has 1 fully saturated rings. The normalized spacial score (nSPS) is 16.4. The van der Waals surface area contributed by atoms with Crippen LogP contribution in [0.4, 0.5) is 0 Å². The van der Waals surface area contributed by atoms with Crippen molar-refractivity contribution >= 4 is 17.8 Å². The monoisotopic (exact) mass is 336 g/mol. The first-order chi connectivity index (χ1) is 11.5. The minimum absolute atomic E-state index is 0.0924. The Balaban J connectivity index is 2.10. The molecule has 132 valence electrons. The fraction of sp³-hybridized carbons (Fsp3) is 0.588. The number of furan rings is 1. The third-order valence-corrected chi connectivity index (χ3v) is 4.38. The minimum atomic E-state index is -1.16. The molecule has 1 aliphatic carbocycles. The predicted octanol–water partition coefficient (Wildman–Crippen LogP) is 2.33. The average molecular weight is 336 g/mol. The highest BCUT2D eigenvalue weighted by atomic mass is 16.4. The van der Waals surface area contributed by atoms with Gasteiger partial charge >= 0.3 is 5.97 Å². The maximum atomic E-state index is 12.6. The van der Waals surface area contributed by atoms with Gasteiger partial charge in [0, 0.05) is 12.6 Å². The molecule has 1 aliphatic rings. The highest BCUT2D eigenvalue weighted by molar-refractivity contribution is 5.99. The molecule has 1 aromatic heterocycles. The van der Waals surface area contributed by atoms with E-state index in [0.717, 1.165) is 38.4 Å². The summed E-state index contributed by atoms with van der Waals surface area (Å²) in [5.74, 6) is -2.00. The van der Waals surface area contributed by atoms with Gasteiger partial charge in [0.15, 0.2) is 5.76 Å². The maximum absolute atomic E-state index is 12.6. The molecule has 0 aliphatic heterocycles. The molecule has 0 atom stereocenters. The Labute approximate surface area is 140 Å². The van der Waals surface area contributed by atoms with Crippen LogP contribution in [0.25, 0.3) is 0 Å². The average Bonchev–Trinajstić information content (AvgIpc) is 3.06. The molecule has 1 heterocycles. The van der Waals surface area contributed by atoms with E-state index in [1.165, 1.54) is 6.07 Å². The van der Waals surface area contributed by atoms with Crippen LogP contribution in [0.3, 0.4) is 0 Å². The lowest BCUT2D eigenvalue weighted by Crippen LogP contribution is -2.59. The molecular weight excluding hydrogens is 312 g/mol. The molecule has 1 saturated carbocycles. The van der Waals surface area contributed by atoms with Crippen molar-refractivity contribution in [3.63, 3.8) is 0 Å². The van der Waals surface area contributed by atoms with E-state index in [1.807, 2.05) is 6.92 Å². The molecule has 2 amide bonds. The molecule has 0 aromatic carbocycles. The van der Waals surface area contributed by atoms with Gasteiger partial charge in [0.1, 0.15) is 11.8 Å². The van der Waals surface area contributed by atoms with Crippen molar-refractivity contribution in [1.82, 2.24) is 10.6 Å². The number of aromatic carboxylic acids is 1. The summed E-state index contributed by atoms with van der Waals surface area (Å²) in [5, 5.41) is 14.6. The number of hydrogen-bond donors (Lipinski definition) is 3. The molecule has 7 nitrogen and oxygen atoms in total. The van der Waals surface area contributed by atoms with Crippen LogP contribution in [0, 0.1) is 0 Å². The van der Waals surface area contributed by atoms with Gasteiger partial charge in [0.05, 0.1) is 5.56 Å². The summed E-state index contributed by atoms with van der Waals surface area (Å²) in [6.45, 7) is 2.62. The summed E-state index contributed by atoms with van der Waals surface area (Å²) < 4.78 is 5.03. The highest BCUT2D eigenvalue weighted by Crippen LogP contribution is 2.29. The number of rotatable bonds is 7. The van der Waals surface area contributed by atoms with Crippen molar-refractivity contribution in [2.24, 2.45) is 0 Å². The van der Waals surface area contributed by atoms with Crippen LogP contribution < -0.4 is 10.6 Å². The van der Waals surface area contributed by atoms with Gasteiger partial charge in [0.2, 0.25) is 5.91 Å². The van der Waals surface area contributed by atoms with Crippen molar-refractivity contribution in [1.29, 1.82) is 0 Å². The van der Waals surface area contributed by atoms with E-state index in [-0.39, 0.29) is 17.2 Å². The summed E-state index contributed by atoms with van der Waals surface area (Å²) in [4.78, 5) is 35.9. The van der Waals surface area contributed by atoms with E-state index in [9.17, 15) is 14.4 Å². The molecule has 0 bridgehead atoms. The lowest BCUT2D eigenvalue weighted by atomic mass is 9.80. The van der Waals surface area contributed by atoms with Crippen molar-refractivity contribution in [2.45, 2.75) is 57.4 Å². The molecule has 2 rings (SSSR count). The van der Waals surface area contributed by atoms with Crippen LogP contribution in [-0.2, 0) is 4.79 Å². The summed E-state index contributed by atoms with van der Waals surface area (Å²) in [6, 6.07) is 1.17. The van der Waals surface area contributed by atoms with Gasteiger partial charge in [-0.3, -0.25) is 9.59 Å². The Morgan fingerprint density at radius 3 is 2.54 bits per heavy atom. The van der Waals surface area contributed by atoms with Gasteiger partial charge in [-0.1, -0.05) is 32.6 Å². The van der Waals surface area contributed by atoms with Crippen molar-refractivity contribution in [3.8, 4) is 0 Å². The molecule has 24 heavy (non-hydrogen) atoms. The molecule has 0 saturated heterocycles. The van der Waals surface area contributed by atoms with Crippen LogP contribution in [0.1, 0.15) is 72.8 Å². The summed E-state index contributed by atoms with van der Waals surface area (Å²) in [6.07, 6.45) is 6.78. The second-order valence-electron chi connectivity index (χ2n) is 6.21. The lowest BCUT2D eigenvalue weighted by Gasteiger charge is -2.36. The number of hydrogen-bond acceptors (Lipinski definition) is 4. The number of carbonyl (C=O) groups excluding carboxylic acids is 2. The molecule has 1 aromatic rings. The van der Waals surface area contributed by atoms with Crippen LogP contribution in [0.5, 0.6) is 0 Å². The standard InChI is InChI=1S/C17H24N2O5/c1-2-3-9-18-16(23)17(7-5-4-6-8-17)19-14(20)13-10-12(11-24-13)15(21)22/h10-11H,2-9H2,1H3,(H,18,23)(H,19,20)(H,21,22). The van der Waals surface area contributed by atoms with Gasteiger partial charge in [-0.15, -0.1) is 0 Å². The molecule has 0 spiro atoms. The SMILES string of the molecule is CCCCNC(=O)C1(NC(=O)c2cc(C(=O)O)co2)CCCCC1. The number of amides is 2. The first kappa shape index (κ1) is 18.0. The summed E-state index contributed by atoms with van der Waals surface area (Å²) in [5.41, 5.74) is -1.04. The molecule has 0 radical (unpaired) electrons. The van der Waals surface area contributed by atoms with Crippen LogP contribution in [-0.4, -0.2) is 35.0 Å². The predicted molar refractivity (Wildman–Crippen MR) is 86.9 cm³/mol. The van der Waals surface area contributed by atoms with Crippen molar-refractivity contribution in [3.05, 3.63) is 23.7 Å². The van der Waals surface area contributed by atoms with E-state index in [1.54, 1.807) is 0 Å². The third kappa shape index (κ3) is 4.15. The van der Waals surface area contributed by atoms with E-state index < -0.39 is 17.4 Å². The van der Waals surface area contributed by atoms with Gasteiger partial charge in [-0.25, -0.2) is 4.79 Å². The van der Waals surface area contributed by atoms with E-state index in [0.29, 0.717) is 19.4 Å². The van der Waals surface area contributed by atoms with Gasteiger partial charge in [-0.2, -0.15) is 0 Å². The topological polar surface area (TPSA) is 109 Å². The Morgan fingerprint density at radius 1 is 1.25 bits per heavy atom. The van der Waals surface area contributed by atoms with Crippen molar-refractivity contribution in [2.75, 3.05) is 6.54 Å². The number of carboxylic acids is 1. The Morgan fingerprint density at radius 2 is 1.96 bits per heavy atom. The Hall–Kier alpha value is -2.31.